The molecule has 0 unspecified atom stereocenters. The molecule has 0 N–H and O–H groups in total. The number of rotatable bonds is 6. The van der Waals surface area contributed by atoms with E-state index in [2.05, 4.69) is 198 Å². The van der Waals surface area contributed by atoms with Gasteiger partial charge in [-0.1, -0.05) is 198 Å². The Morgan fingerprint density at radius 3 is 1.75 bits per heavy atom. The molecular formula is C54H33Br. The number of allylic oxidation sites excluding steroid dienone is 4. The molecule has 1 heteroatoms. The van der Waals surface area contributed by atoms with Crippen molar-refractivity contribution in [2.75, 3.05) is 0 Å². The molecule has 0 fully saturated rings. The Kier molecular flexibility index (Phi) is 7.27. The highest BCUT2D eigenvalue weighted by Crippen LogP contribution is 2.56. The SMILES string of the molecule is C=C/C=C\C=C/c1ccccc1-c1c2c(cc3c4ccccc4c4cccc2c43)c(-c2ccccc2-c2ccccc2)c2c3ccc(Br)c4cccc(c12)c43. The second-order valence-electron chi connectivity index (χ2n) is 14.4. The first-order chi connectivity index (χ1) is 27.2. The fourth-order valence-corrected chi connectivity index (χ4v) is 9.93. The maximum atomic E-state index is 3.95. The molecule has 0 aromatic heterocycles. The third kappa shape index (κ3) is 4.64. The zero-order valence-electron chi connectivity index (χ0n) is 30.0. The molecule has 256 valence electrons. The molecular weight excluding hydrogens is 728 g/mol. The van der Waals surface area contributed by atoms with Crippen LogP contribution in [0, 0.1) is 0 Å². The van der Waals surface area contributed by atoms with Crippen molar-refractivity contribution >= 4 is 97.4 Å². The van der Waals surface area contributed by atoms with Crippen LogP contribution in [0.5, 0.6) is 0 Å². The first-order valence-electron chi connectivity index (χ1n) is 18.8. The van der Waals surface area contributed by atoms with Gasteiger partial charge in [-0.3, -0.25) is 0 Å². The zero-order valence-corrected chi connectivity index (χ0v) is 31.6. The summed E-state index contributed by atoms with van der Waals surface area (Å²) in [5.74, 6) is 0. The van der Waals surface area contributed by atoms with Gasteiger partial charge in [0.05, 0.1) is 0 Å². The molecule has 0 saturated carbocycles. The average molecular weight is 762 g/mol. The van der Waals surface area contributed by atoms with Gasteiger partial charge in [-0.05, 0) is 126 Å². The summed E-state index contributed by atoms with van der Waals surface area (Å²) in [5.41, 5.74) is 8.62. The second-order valence-corrected chi connectivity index (χ2v) is 15.3. The predicted molar refractivity (Wildman–Crippen MR) is 244 cm³/mol. The Hall–Kier alpha value is -6.54. The average Bonchev–Trinajstić information content (AvgIpc) is 3.74. The number of hydrogen-bond acceptors (Lipinski definition) is 0. The van der Waals surface area contributed by atoms with E-state index in [1.54, 1.807) is 0 Å². The lowest BCUT2D eigenvalue weighted by atomic mass is 9.81. The quantitative estimate of drug-likeness (QED) is 0.117. The van der Waals surface area contributed by atoms with Crippen molar-refractivity contribution in [3.05, 3.63) is 199 Å². The van der Waals surface area contributed by atoms with Crippen LogP contribution in [0.3, 0.4) is 0 Å². The van der Waals surface area contributed by atoms with Crippen LogP contribution in [0.15, 0.2) is 193 Å². The molecule has 0 aliphatic carbocycles. The summed E-state index contributed by atoms with van der Waals surface area (Å²) in [5, 5.41) is 18.0. The van der Waals surface area contributed by atoms with Gasteiger partial charge in [-0.15, -0.1) is 0 Å². The van der Waals surface area contributed by atoms with Gasteiger partial charge in [0.25, 0.3) is 0 Å². The summed E-state index contributed by atoms with van der Waals surface area (Å²) in [6.45, 7) is 3.89. The standard InChI is InChI=1S/C54H33Br/c1-2-3-4-6-19-34-20-9-10-22-36(34)52-51-42-28-15-26-40-37-23-12-13-24-38(37)45(48(40)42)32-46(51)50(39-25-14-11-21-35(39)33-17-7-5-8-18-33)53-44-30-31-47(55)41-27-16-29-43(49(41)44)54(52)53/h2-32H,1H2/b4-3-,19-6-. The fraction of sp³-hybridized carbons (Fsp3) is 0. The summed E-state index contributed by atoms with van der Waals surface area (Å²) < 4.78 is 1.11. The lowest BCUT2D eigenvalue weighted by Gasteiger charge is -2.21. The molecule has 11 aromatic carbocycles. The molecule has 0 spiro atoms. The van der Waals surface area contributed by atoms with Gasteiger partial charge in [0, 0.05) is 4.47 Å². The van der Waals surface area contributed by atoms with Gasteiger partial charge in [0.2, 0.25) is 0 Å². The minimum atomic E-state index is 1.11. The van der Waals surface area contributed by atoms with E-state index in [1.165, 1.54) is 114 Å². The van der Waals surface area contributed by atoms with Crippen molar-refractivity contribution in [1.82, 2.24) is 0 Å². The third-order valence-electron chi connectivity index (χ3n) is 11.6. The minimum Gasteiger partial charge on any atom is -0.0991 e. The maximum absolute atomic E-state index is 3.95. The van der Waals surface area contributed by atoms with E-state index >= 15 is 0 Å². The van der Waals surface area contributed by atoms with E-state index in [0.717, 1.165) is 4.47 Å². The van der Waals surface area contributed by atoms with E-state index in [1.807, 2.05) is 12.2 Å². The number of fused-ring (bicyclic) bond motifs is 8. The van der Waals surface area contributed by atoms with Gasteiger partial charge < -0.3 is 0 Å². The van der Waals surface area contributed by atoms with Gasteiger partial charge >= 0.3 is 0 Å². The highest BCUT2D eigenvalue weighted by molar-refractivity contribution is 9.10. The summed E-state index contributed by atoms with van der Waals surface area (Å²) in [7, 11) is 0. The molecule has 0 nitrogen and oxygen atoms in total. The Balaban J connectivity index is 1.47. The summed E-state index contributed by atoms with van der Waals surface area (Å²) in [4.78, 5) is 0. The van der Waals surface area contributed by atoms with E-state index in [4.69, 9.17) is 0 Å². The predicted octanol–water partition coefficient (Wildman–Crippen LogP) is 16.2. The van der Waals surface area contributed by atoms with Crippen molar-refractivity contribution in [3.63, 3.8) is 0 Å². The molecule has 0 saturated heterocycles. The minimum absolute atomic E-state index is 1.11. The van der Waals surface area contributed by atoms with Crippen LogP contribution in [0.25, 0.3) is 115 Å². The van der Waals surface area contributed by atoms with Crippen molar-refractivity contribution in [1.29, 1.82) is 0 Å². The highest BCUT2D eigenvalue weighted by atomic mass is 79.9. The Labute approximate surface area is 327 Å². The van der Waals surface area contributed by atoms with Crippen LogP contribution in [-0.4, -0.2) is 0 Å². The third-order valence-corrected chi connectivity index (χ3v) is 12.3. The summed E-state index contributed by atoms with van der Waals surface area (Å²) in [6.07, 6.45) is 10.2. The number of hydrogen-bond donors (Lipinski definition) is 0. The van der Waals surface area contributed by atoms with Crippen molar-refractivity contribution in [2.24, 2.45) is 0 Å². The van der Waals surface area contributed by atoms with Gasteiger partial charge in [0.15, 0.2) is 0 Å². The molecule has 0 aliphatic rings. The molecule has 0 atom stereocenters. The van der Waals surface area contributed by atoms with E-state index in [9.17, 15) is 0 Å². The summed E-state index contributed by atoms with van der Waals surface area (Å²) in [6, 6.07) is 58.6. The van der Waals surface area contributed by atoms with E-state index in [0.29, 0.717) is 0 Å². The van der Waals surface area contributed by atoms with Crippen molar-refractivity contribution in [2.45, 2.75) is 0 Å². The zero-order chi connectivity index (χ0) is 36.6. The monoisotopic (exact) mass is 760 g/mol. The first kappa shape index (κ1) is 31.9. The van der Waals surface area contributed by atoms with Crippen molar-refractivity contribution < 1.29 is 0 Å². The topological polar surface area (TPSA) is 0 Å². The smallest absolute Gasteiger partial charge is 0.0254 e. The molecule has 11 aromatic rings. The lowest BCUT2D eigenvalue weighted by molar-refractivity contribution is 1.61. The summed E-state index contributed by atoms with van der Waals surface area (Å²) >= 11 is 3.95. The first-order valence-corrected chi connectivity index (χ1v) is 19.6. The Morgan fingerprint density at radius 1 is 0.364 bits per heavy atom. The van der Waals surface area contributed by atoms with Gasteiger partial charge in [-0.2, -0.15) is 0 Å². The molecule has 0 amide bonds. The fourth-order valence-electron chi connectivity index (χ4n) is 9.47. The second kappa shape index (κ2) is 12.5. The lowest BCUT2D eigenvalue weighted by Crippen LogP contribution is -1.94. The molecule has 0 bridgehead atoms. The van der Waals surface area contributed by atoms with Gasteiger partial charge in [-0.25, -0.2) is 0 Å². The number of benzene rings is 9. The van der Waals surface area contributed by atoms with Gasteiger partial charge in [0.1, 0.15) is 0 Å². The molecule has 55 heavy (non-hydrogen) atoms. The van der Waals surface area contributed by atoms with E-state index in [-0.39, 0.29) is 0 Å². The number of halogens is 1. The molecule has 0 heterocycles. The largest absolute Gasteiger partial charge is 0.0991 e. The Morgan fingerprint density at radius 2 is 0.945 bits per heavy atom. The molecule has 0 aliphatic heterocycles. The normalized spacial score (nSPS) is 12.4. The van der Waals surface area contributed by atoms with Crippen molar-refractivity contribution in [3.8, 4) is 33.4 Å². The van der Waals surface area contributed by atoms with Crippen LogP contribution in [0.1, 0.15) is 5.56 Å². The van der Waals surface area contributed by atoms with E-state index < -0.39 is 0 Å². The van der Waals surface area contributed by atoms with Crippen LogP contribution in [-0.2, 0) is 0 Å². The Bertz CT molecular complexity index is 3380. The maximum Gasteiger partial charge on any atom is 0.0254 e. The van der Waals surface area contributed by atoms with Crippen LogP contribution in [0.2, 0.25) is 0 Å². The molecule has 11 rings (SSSR count). The van der Waals surface area contributed by atoms with Crippen LogP contribution >= 0.6 is 15.9 Å². The van der Waals surface area contributed by atoms with Crippen LogP contribution in [0.4, 0.5) is 0 Å². The van der Waals surface area contributed by atoms with Crippen LogP contribution < -0.4 is 0 Å². The molecule has 0 radical (unpaired) electrons. The highest BCUT2D eigenvalue weighted by Gasteiger charge is 2.28.